The van der Waals surface area contributed by atoms with Crippen LogP contribution in [-0.2, 0) is 24.1 Å². The molecule has 6 aromatic rings. The van der Waals surface area contributed by atoms with E-state index < -0.39 is 29.2 Å². The Morgan fingerprint density at radius 1 is 0.867 bits per heavy atom. The average molecular weight is 911 g/mol. The molecule has 1 unspecified atom stereocenters. The Morgan fingerprint density at radius 3 is 2.15 bits per heavy atom. The van der Waals surface area contributed by atoms with Crippen LogP contribution in [0.25, 0.3) is 11.2 Å². The topological polar surface area (TPSA) is 128 Å². The van der Waals surface area contributed by atoms with Gasteiger partial charge in [0.05, 0.1) is 14.2 Å². The van der Waals surface area contributed by atoms with E-state index in [0.717, 1.165) is 41.0 Å². The molecule has 1 spiro atoms. The van der Waals surface area contributed by atoms with Crippen molar-refractivity contribution in [3.05, 3.63) is 144 Å². The molecule has 3 fully saturated rings. The van der Waals surface area contributed by atoms with Crippen molar-refractivity contribution >= 4 is 54.5 Å². The van der Waals surface area contributed by atoms with Gasteiger partial charge in [0.1, 0.15) is 0 Å². The Bertz CT molecular complexity index is 2420. The van der Waals surface area contributed by atoms with E-state index in [4.69, 9.17) is 28.0 Å². The third kappa shape index (κ3) is 8.20. The summed E-state index contributed by atoms with van der Waals surface area (Å²) in [7, 11) is 3.32. The van der Waals surface area contributed by atoms with Gasteiger partial charge in [-0.15, -0.1) is 0 Å². The summed E-state index contributed by atoms with van der Waals surface area (Å²) in [5, 5.41) is 0.445. The Kier molecular flexibility index (Phi) is 12.0. The number of rotatable bonds is 13. The van der Waals surface area contributed by atoms with Gasteiger partial charge in [0.25, 0.3) is 0 Å². The van der Waals surface area contributed by atoms with Crippen LogP contribution < -0.4 is 14.8 Å². The normalized spacial score (nSPS) is 22.5. The van der Waals surface area contributed by atoms with Crippen molar-refractivity contribution in [1.29, 1.82) is 0 Å². The van der Waals surface area contributed by atoms with E-state index in [1.807, 2.05) is 101 Å². The molecule has 1 aliphatic carbocycles. The van der Waals surface area contributed by atoms with Crippen LogP contribution >= 0.6 is 16.5 Å². The molecule has 4 aromatic carbocycles. The van der Waals surface area contributed by atoms with E-state index in [1.54, 1.807) is 32.7 Å². The number of aromatic nitrogens is 4. The second-order valence-electron chi connectivity index (χ2n) is 15.2. The zero-order valence-electron chi connectivity index (χ0n) is 33.3. The van der Waals surface area contributed by atoms with Crippen molar-refractivity contribution in [3.63, 3.8) is 0 Å². The number of fused-ring (bicyclic) bond motifs is 1. The molecule has 4 atom stereocenters. The first-order valence-electron chi connectivity index (χ1n) is 20.1. The molecule has 60 heavy (non-hydrogen) atoms. The number of amides is 1. The van der Waals surface area contributed by atoms with Crippen molar-refractivity contribution in [3.8, 4) is 11.5 Å². The second-order valence-corrected chi connectivity index (χ2v) is 24.2. The monoisotopic (exact) mass is 911 g/mol. The molecule has 15 heteroatoms. The number of anilines is 1. The zero-order chi connectivity index (χ0) is 41.2. The first-order valence-corrected chi connectivity index (χ1v) is 25.4. The van der Waals surface area contributed by atoms with Crippen molar-refractivity contribution < 1.29 is 32.8 Å². The van der Waals surface area contributed by atoms with Crippen molar-refractivity contribution in [2.45, 2.75) is 67.3 Å². The summed E-state index contributed by atoms with van der Waals surface area (Å²) in [4.78, 5) is 26.8. The molecular formula is C45H46N5O7PSSe. The fourth-order valence-corrected chi connectivity index (χ4v) is 17.7. The van der Waals surface area contributed by atoms with Gasteiger partial charge in [0, 0.05) is 0 Å². The Morgan fingerprint density at radius 2 is 1.50 bits per heavy atom. The van der Waals surface area contributed by atoms with Gasteiger partial charge in [-0.2, -0.15) is 0 Å². The van der Waals surface area contributed by atoms with Gasteiger partial charge in [-0.3, -0.25) is 0 Å². The third-order valence-electron chi connectivity index (χ3n) is 11.6. The molecule has 1 N–H and O–H groups in total. The number of benzene rings is 4. The van der Waals surface area contributed by atoms with Crippen LogP contribution in [0.3, 0.4) is 0 Å². The quantitative estimate of drug-likeness (QED) is 0.0677. The zero-order valence-corrected chi connectivity index (χ0v) is 36.8. The number of carbonyl (C=O) groups is 1. The summed E-state index contributed by atoms with van der Waals surface area (Å²) in [6, 6.07) is 35.2. The van der Waals surface area contributed by atoms with Crippen LogP contribution in [0.4, 0.5) is 5.82 Å². The molecule has 4 heterocycles. The predicted molar refractivity (Wildman–Crippen MR) is 233 cm³/mol. The Labute approximate surface area is 360 Å². The molecule has 1 saturated carbocycles. The van der Waals surface area contributed by atoms with E-state index in [-0.39, 0.29) is 17.3 Å². The van der Waals surface area contributed by atoms with Crippen LogP contribution in [0.5, 0.6) is 11.5 Å². The summed E-state index contributed by atoms with van der Waals surface area (Å²) >= 11 is 5.26. The number of carbonyl (C=O) groups excluding carboxylic acids is 1. The summed E-state index contributed by atoms with van der Waals surface area (Å²) < 4.78 is 41.3. The van der Waals surface area contributed by atoms with Crippen LogP contribution in [0.15, 0.2) is 122 Å². The molecule has 12 nitrogen and oxygen atoms in total. The standard InChI is InChI=1S/C45H46N5O7PSSe/c1-52-35-20-16-33(17-21-35)45(32-14-8-4-9-15-32,34-18-22-36(53-2)23-19-34)54-27-38-37(57-58(60)55-28-44(59-58)24-10-5-11-25-44)26-39(56-38)50-30-48-40-41(46-29-47-42(40)50)49-43(51)31-12-6-3-7-13-31/h3-4,6-9,12-23,29-30,37-39H,5,10-11,24-28H2,1-2H3,(H,46,47,49,51)/t37-,38+,39+,58?/m0/s1. The number of nitrogens with zero attached hydrogens (tertiary/aromatic N) is 4. The van der Waals surface area contributed by atoms with Crippen LogP contribution in [0.2, 0.25) is 0 Å². The van der Waals surface area contributed by atoms with E-state index >= 15 is 0 Å². The maximum absolute atomic E-state index is 13.2. The van der Waals surface area contributed by atoms with E-state index in [9.17, 15) is 4.79 Å². The van der Waals surface area contributed by atoms with Crippen molar-refractivity contribution in [1.82, 2.24) is 19.5 Å². The number of hydrogen-bond acceptors (Lipinski definition) is 11. The first kappa shape index (κ1) is 41.0. The van der Waals surface area contributed by atoms with E-state index in [2.05, 4.69) is 47.5 Å². The minimum atomic E-state index is -2.47. The minimum absolute atomic E-state index is 0.0609. The van der Waals surface area contributed by atoms with Gasteiger partial charge in [0.15, 0.2) is 0 Å². The van der Waals surface area contributed by atoms with E-state index in [0.29, 0.717) is 35.6 Å². The summed E-state index contributed by atoms with van der Waals surface area (Å²) in [5.74, 6) is 1.50. The number of methoxy groups -OCH3 is 2. The molecule has 9 rings (SSSR count). The third-order valence-corrected chi connectivity index (χ3v) is 18.7. The van der Waals surface area contributed by atoms with Gasteiger partial charge in [-0.1, -0.05) is 18.2 Å². The van der Waals surface area contributed by atoms with Gasteiger partial charge in [0.2, 0.25) is 0 Å². The maximum atomic E-state index is 13.2. The van der Waals surface area contributed by atoms with Gasteiger partial charge in [-0.25, -0.2) is 0 Å². The van der Waals surface area contributed by atoms with Crippen molar-refractivity contribution in [2.75, 3.05) is 32.8 Å². The van der Waals surface area contributed by atoms with Gasteiger partial charge < -0.3 is 0 Å². The number of nitrogens with one attached hydrogen (secondary N) is 1. The Hall–Kier alpha value is -4.36. The van der Waals surface area contributed by atoms with Crippen LogP contribution in [0.1, 0.15) is 71.8 Å². The molecule has 2 saturated heterocycles. The molecule has 0 radical (unpaired) electrons. The molecule has 2 aromatic heterocycles. The summed E-state index contributed by atoms with van der Waals surface area (Å²) in [6.07, 6.45) is 7.98. The van der Waals surface area contributed by atoms with Crippen molar-refractivity contribution in [2.24, 2.45) is 0 Å². The predicted octanol–water partition coefficient (Wildman–Crippen LogP) is 9.09. The molecule has 2 aliphatic heterocycles. The molecular weight excluding hydrogens is 865 g/mol. The molecule has 3 aliphatic rings. The summed E-state index contributed by atoms with van der Waals surface area (Å²) in [5.41, 5.74) is 3.18. The summed E-state index contributed by atoms with van der Waals surface area (Å²) in [6.45, 7) is 0.827. The molecule has 0 bridgehead atoms. The molecule has 1 amide bonds. The SMILES string of the molecule is COc1ccc(C(OC[C@H]2O[C@@H](n3cnc4c(NC(=O)c5ccccc5)ncnc43)C[C@@H]2OP2(=[Se])OCC3(CCCCC3)S2)(c2ccccc2)c2ccc(OC)cc2)cc1. The van der Waals surface area contributed by atoms with Crippen LogP contribution in [-0.4, -0.2) is 84.9 Å². The average Bonchev–Trinajstić information content (AvgIpc) is 4.00. The fourth-order valence-electron chi connectivity index (χ4n) is 8.47. The van der Waals surface area contributed by atoms with Crippen LogP contribution in [0, 0.1) is 0 Å². The van der Waals surface area contributed by atoms with E-state index in [1.165, 1.54) is 25.6 Å². The van der Waals surface area contributed by atoms with Gasteiger partial charge >= 0.3 is 318 Å². The first-order chi connectivity index (χ1) is 29.3. The number of imidazole rings is 1. The number of ether oxygens (including phenoxy) is 4. The number of hydrogen-bond donors (Lipinski definition) is 1. The Balaban J connectivity index is 1.07. The second kappa shape index (κ2) is 17.6. The fraction of sp³-hybridized carbons (Fsp3) is 0.333. The molecule has 310 valence electrons. The van der Waals surface area contributed by atoms with Gasteiger partial charge in [-0.05, 0) is 12.1 Å².